The van der Waals surface area contributed by atoms with Crippen LogP contribution in [-0.4, -0.2) is 22.4 Å². The number of carbonyl (C=O) groups is 1. The fraction of sp³-hybridized carbons (Fsp3) is 0.217. The smallest absolute Gasteiger partial charge is 0.334 e. The van der Waals surface area contributed by atoms with E-state index in [-0.39, 0.29) is 18.7 Å². The molecule has 0 aliphatic rings. The molecule has 0 fully saturated rings. The van der Waals surface area contributed by atoms with E-state index in [0.717, 1.165) is 34.8 Å². The van der Waals surface area contributed by atoms with Crippen molar-refractivity contribution < 1.29 is 18.0 Å². The summed E-state index contributed by atoms with van der Waals surface area (Å²) in [5, 5.41) is 9.86. The van der Waals surface area contributed by atoms with E-state index in [0.29, 0.717) is 0 Å². The first-order valence-electron chi connectivity index (χ1n) is 9.54. The summed E-state index contributed by atoms with van der Waals surface area (Å²) in [6.07, 6.45) is -4.42. The van der Waals surface area contributed by atoms with Gasteiger partial charge >= 0.3 is 12.2 Å². The highest BCUT2D eigenvalue weighted by molar-refractivity contribution is 5.74. The number of carbonyl (C=O) groups excluding carboxylic acids is 1. The van der Waals surface area contributed by atoms with Crippen LogP contribution in [0.1, 0.15) is 28.1 Å². The van der Waals surface area contributed by atoms with Gasteiger partial charge < -0.3 is 10.6 Å². The van der Waals surface area contributed by atoms with E-state index in [9.17, 15) is 18.0 Å². The number of hydrogen-bond acceptors (Lipinski definition) is 2. The Morgan fingerprint density at radius 3 is 2.52 bits per heavy atom. The van der Waals surface area contributed by atoms with E-state index in [1.165, 1.54) is 12.1 Å². The number of urea groups is 1. The van der Waals surface area contributed by atoms with Crippen molar-refractivity contribution >= 4 is 6.03 Å². The zero-order valence-corrected chi connectivity index (χ0v) is 17.0. The second-order valence-electron chi connectivity index (χ2n) is 6.81. The van der Waals surface area contributed by atoms with Gasteiger partial charge in [0.25, 0.3) is 0 Å². The number of nitrogens with zero attached hydrogens (tertiary/aromatic N) is 2. The molecule has 0 spiro atoms. The molecule has 0 aliphatic heterocycles. The molecular formula is C23H21F3N4O. The lowest BCUT2D eigenvalue weighted by atomic mass is 10.1. The number of amides is 2. The normalized spacial score (nSPS) is 10.9. The van der Waals surface area contributed by atoms with E-state index in [1.54, 1.807) is 0 Å². The first kappa shape index (κ1) is 22.0. The molecule has 0 unspecified atom stereocenters. The van der Waals surface area contributed by atoms with Crippen molar-refractivity contribution in [3.8, 4) is 17.5 Å². The van der Waals surface area contributed by atoms with Crippen LogP contribution >= 0.6 is 0 Å². The van der Waals surface area contributed by atoms with Gasteiger partial charge in [0.05, 0.1) is 23.5 Å². The highest BCUT2D eigenvalue weighted by atomic mass is 19.4. The maximum Gasteiger partial charge on any atom is 0.416 e. The molecule has 1 aromatic heterocycles. The molecule has 31 heavy (non-hydrogen) atoms. The molecule has 0 atom stereocenters. The molecule has 2 N–H and O–H groups in total. The summed E-state index contributed by atoms with van der Waals surface area (Å²) in [5.74, 6) is 5.27. The average Bonchev–Trinajstić information content (AvgIpc) is 3.03. The number of benzene rings is 2. The van der Waals surface area contributed by atoms with Gasteiger partial charge in [-0.05, 0) is 44.2 Å². The number of nitrogens with one attached hydrogen (secondary N) is 2. The minimum absolute atomic E-state index is 0.00329. The van der Waals surface area contributed by atoms with Gasteiger partial charge in [-0.2, -0.15) is 18.3 Å². The van der Waals surface area contributed by atoms with Crippen LogP contribution in [0, 0.1) is 25.7 Å². The lowest BCUT2D eigenvalue weighted by Crippen LogP contribution is -2.35. The summed E-state index contributed by atoms with van der Waals surface area (Å²) in [6.45, 7) is 4.10. The molecule has 2 aromatic carbocycles. The van der Waals surface area contributed by atoms with Gasteiger partial charge in [-0.25, -0.2) is 9.48 Å². The molecular weight excluding hydrogens is 405 g/mol. The summed E-state index contributed by atoms with van der Waals surface area (Å²) < 4.78 is 40.0. The van der Waals surface area contributed by atoms with Gasteiger partial charge in [-0.3, -0.25) is 0 Å². The first-order valence-corrected chi connectivity index (χ1v) is 9.54. The Bertz CT molecular complexity index is 1130. The van der Waals surface area contributed by atoms with Crippen molar-refractivity contribution in [1.82, 2.24) is 20.4 Å². The van der Waals surface area contributed by atoms with Gasteiger partial charge in [-0.15, -0.1) is 0 Å². The second-order valence-corrected chi connectivity index (χ2v) is 6.81. The molecule has 3 aromatic rings. The van der Waals surface area contributed by atoms with Crippen molar-refractivity contribution in [3.63, 3.8) is 0 Å². The van der Waals surface area contributed by atoms with Gasteiger partial charge in [0.1, 0.15) is 0 Å². The standard InChI is InChI=1S/C23H21F3N4O/c1-16-21(17(2)30(29-16)20-11-4-3-5-12-20)15-28-22(31)27-13-7-9-18-8-6-10-19(14-18)23(24,25)26/h3-6,8,10-12,14H,13,15H2,1-2H3,(H2,27,28,31). The Morgan fingerprint density at radius 2 is 1.81 bits per heavy atom. The number of halogens is 3. The molecule has 8 heteroatoms. The average molecular weight is 426 g/mol. The summed E-state index contributed by atoms with van der Waals surface area (Å²) >= 11 is 0. The van der Waals surface area contributed by atoms with Gasteiger partial charge in [0.2, 0.25) is 0 Å². The first-order chi connectivity index (χ1) is 14.8. The Hall–Kier alpha value is -3.73. The van der Waals surface area contributed by atoms with Crippen LogP contribution in [0.2, 0.25) is 0 Å². The van der Waals surface area contributed by atoms with Crippen LogP contribution in [0.15, 0.2) is 54.6 Å². The van der Waals surface area contributed by atoms with Crippen molar-refractivity contribution in [2.75, 3.05) is 6.54 Å². The maximum absolute atomic E-state index is 12.7. The molecule has 0 radical (unpaired) electrons. The van der Waals surface area contributed by atoms with E-state index >= 15 is 0 Å². The lowest BCUT2D eigenvalue weighted by molar-refractivity contribution is -0.137. The van der Waals surface area contributed by atoms with Crippen molar-refractivity contribution in [2.24, 2.45) is 0 Å². The third kappa shape index (κ3) is 5.66. The third-order valence-corrected chi connectivity index (χ3v) is 4.63. The van der Waals surface area contributed by atoms with Crippen LogP contribution in [0.25, 0.3) is 5.69 Å². The van der Waals surface area contributed by atoms with Gasteiger partial charge in [-0.1, -0.05) is 36.1 Å². The topological polar surface area (TPSA) is 59.0 Å². The van der Waals surface area contributed by atoms with E-state index in [1.807, 2.05) is 48.9 Å². The molecule has 0 saturated heterocycles. The molecule has 3 rings (SSSR count). The molecule has 2 amide bonds. The fourth-order valence-electron chi connectivity index (χ4n) is 3.03. The minimum atomic E-state index is -4.42. The van der Waals surface area contributed by atoms with Crippen LogP contribution < -0.4 is 10.6 Å². The molecule has 160 valence electrons. The van der Waals surface area contributed by atoms with Crippen molar-refractivity contribution in [1.29, 1.82) is 0 Å². The quantitative estimate of drug-likeness (QED) is 0.609. The minimum Gasteiger partial charge on any atom is -0.334 e. The second kappa shape index (κ2) is 9.39. The van der Waals surface area contributed by atoms with Crippen LogP contribution in [0.4, 0.5) is 18.0 Å². The van der Waals surface area contributed by atoms with Crippen molar-refractivity contribution in [2.45, 2.75) is 26.6 Å². The van der Waals surface area contributed by atoms with E-state index < -0.39 is 17.8 Å². The zero-order chi connectivity index (χ0) is 22.4. The van der Waals surface area contributed by atoms with Crippen LogP contribution in [-0.2, 0) is 12.7 Å². The molecule has 5 nitrogen and oxygen atoms in total. The number of aromatic nitrogens is 2. The Balaban J connectivity index is 1.54. The molecule has 0 aliphatic carbocycles. The van der Waals surface area contributed by atoms with Crippen LogP contribution in [0.3, 0.4) is 0 Å². The third-order valence-electron chi connectivity index (χ3n) is 4.63. The van der Waals surface area contributed by atoms with Crippen molar-refractivity contribution in [3.05, 3.63) is 82.7 Å². The Kier molecular flexibility index (Phi) is 6.65. The number of alkyl halides is 3. The fourth-order valence-corrected chi connectivity index (χ4v) is 3.03. The Morgan fingerprint density at radius 1 is 1.06 bits per heavy atom. The summed E-state index contributed by atoms with van der Waals surface area (Å²) in [7, 11) is 0. The predicted octanol–water partition coefficient (Wildman–Crippen LogP) is 4.36. The van der Waals surface area contributed by atoms with E-state index in [4.69, 9.17) is 0 Å². The number of para-hydroxylation sites is 1. The number of hydrogen-bond donors (Lipinski definition) is 2. The SMILES string of the molecule is Cc1nn(-c2ccccc2)c(C)c1CNC(=O)NCC#Cc1cccc(C(F)(F)F)c1. The Labute approximate surface area is 178 Å². The van der Waals surface area contributed by atoms with Gasteiger partial charge in [0, 0.05) is 23.4 Å². The summed E-state index contributed by atoms with van der Waals surface area (Å²) in [5.41, 5.74) is 3.06. The predicted molar refractivity (Wildman–Crippen MR) is 112 cm³/mol. The zero-order valence-electron chi connectivity index (χ0n) is 17.0. The van der Waals surface area contributed by atoms with Crippen LogP contribution in [0.5, 0.6) is 0 Å². The molecule has 0 bridgehead atoms. The summed E-state index contributed by atoms with van der Waals surface area (Å²) in [6, 6.07) is 14.0. The highest BCUT2D eigenvalue weighted by Gasteiger charge is 2.30. The summed E-state index contributed by atoms with van der Waals surface area (Å²) in [4.78, 5) is 12.0. The highest BCUT2D eigenvalue weighted by Crippen LogP contribution is 2.29. The largest absolute Gasteiger partial charge is 0.416 e. The lowest BCUT2D eigenvalue weighted by Gasteiger charge is -2.07. The van der Waals surface area contributed by atoms with Gasteiger partial charge in [0.15, 0.2) is 0 Å². The number of aryl methyl sites for hydroxylation is 1. The molecule has 1 heterocycles. The molecule has 0 saturated carbocycles. The van der Waals surface area contributed by atoms with E-state index in [2.05, 4.69) is 27.6 Å². The monoisotopic (exact) mass is 426 g/mol. The maximum atomic E-state index is 12.7. The number of rotatable bonds is 4.